The van der Waals surface area contributed by atoms with Gasteiger partial charge in [-0.25, -0.2) is 13.2 Å². The van der Waals surface area contributed by atoms with Crippen molar-refractivity contribution < 1.29 is 22.7 Å². The van der Waals surface area contributed by atoms with Gasteiger partial charge in [0.1, 0.15) is 0 Å². The number of hydrogen-bond acceptors (Lipinski definition) is 5. The van der Waals surface area contributed by atoms with Crippen LogP contribution in [0.25, 0.3) is 10.9 Å². The number of aromatic amines is 1. The van der Waals surface area contributed by atoms with Gasteiger partial charge in [0.05, 0.1) is 17.6 Å². The van der Waals surface area contributed by atoms with Gasteiger partial charge in [0.15, 0.2) is 0 Å². The molecule has 2 aromatic carbocycles. The van der Waals surface area contributed by atoms with E-state index in [4.69, 9.17) is 4.74 Å². The van der Waals surface area contributed by atoms with Crippen LogP contribution < -0.4 is 0 Å². The van der Waals surface area contributed by atoms with E-state index in [0.29, 0.717) is 43.7 Å². The summed E-state index contributed by atoms with van der Waals surface area (Å²) in [4.78, 5) is 30.8. The molecule has 0 aliphatic carbocycles. The molecule has 2 heterocycles. The van der Waals surface area contributed by atoms with Crippen molar-refractivity contribution in [3.8, 4) is 0 Å². The first-order valence-corrected chi connectivity index (χ1v) is 12.8. The van der Waals surface area contributed by atoms with Gasteiger partial charge in [-0.3, -0.25) is 4.79 Å². The summed E-state index contributed by atoms with van der Waals surface area (Å²) in [7, 11) is -2.33. The van der Waals surface area contributed by atoms with Crippen LogP contribution in [-0.4, -0.2) is 61.2 Å². The maximum Gasteiger partial charge on any atom is 0.337 e. The van der Waals surface area contributed by atoms with Crippen molar-refractivity contribution in [3.05, 3.63) is 64.3 Å². The fourth-order valence-corrected chi connectivity index (χ4v) is 5.99. The number of fused-ring (bicyclic) bond motifs is 3. The zero-order chi connectivity index (χ0) is 24.6. The standard InChI is InChI=1S/C25H29N3O5S/c1-5-28(6-2)34(31,32)18-9-7-16(3)19(14-18)24(29)27-12-11-23-21(15-27)20-13-17(25(30)33-4)8-10-22(20)26-23/h7-10,13-14,26H,5-6,11-12,15H2,1-4H3. The Morgan fingerprint density at radius 3 is 2.53 bits per heavy atom. The van der Waals surface area contributed by atoms with Gasteiger partial charge in [0.2, 0.25) is 10.0 Å². The number of aromatic nitrogens is 1. The largest absolute Gasteiger partial charge is 0.465 e. The van der Waals surface area contributed by atoms with Crippen molar-refractivity contribution in [1.29, 1.82) is 0 Å². The van der Waals surface area contributed by atoms with Crippen LogP contribution in [-0.2, 0) is 27.7 Å². The molecule has 34 heavy (non-hydrogen) atoms. The normalized spacial score (nSPS) is 13.9. The Balaban J connectivity index is 1.68. The van der Waals surface area contributed by atoms with Gasteiger partial charge in [-0.05, 0) is 42.8 Å². The van der Waals surface area contributed by atoms with Crippen molar-refractivity contribution >= 4 is 32.8 Å². The first-order chi connectivity index (χ1) is 16.2. The number of H-pyrrole nitrogens is 1. The average molecular weight is 484 g/mol. The van der Waals surface area contributed by atoms with E-state index in [2.05, 4.69) is 4.98 Å². The molecule has 1 aromatic heterocycles. The third-order valence-electron chi connectivity index (χ3n) is 6.47. The number of benzene rings is 2. The second-order valence-corrected chi connectivity index (χ2v) is 10.3. The summed E-state index contributed by atoms with van der Waals surface area (Å²) < 4.78 is 32.2. The molecule has 0 unspecified atom stereocenters. The number of sulfonamides is 1. The monoisotopic (exact) mass is 483 g/mol. The third-order valence-corrected chi connectivity index (χ3v) is 8.51. The highest BCUT2D eigenvalue weighted by Crippen LogP contribution is 2.30. The molecule has 0 radical (unpaired) electrons. The molecule has 1 aliphatic rings. The maximum atomic E-state index is 13.5. The lowest BCUT2D eigenvalue weighted by atomic mass is 10.0. The van der Waals surface area contributed by atoms with E-state index >= 15 is 0 Å². The minimum absolute atomic E-state index is 0.123. The van der Waals surface area contributed by atoms with Gasteiger partial charge in [-0.15, -0.1) is 0 Å². The average Bonchev–Trinajstić information content (AvgIpc) is 3.21. The first kappa shape index (κ1) is 24.0. The fourth-order valence-electron chi connectivity index (χ4n) is 4.51. The van der Waals surface area contributed by atoms with Crippen molar-refractivity contribution in [2.45, 2.75) is 38.6 Å². The van der Waals surface area contributed by atoms with Gasteiger partial charge < -0.3 is 14.6 Å². The van der Waals surface area contributed by atoms with Gasteiger partial charge in [-0.1, -0.05) is 19.9 Å². The Hall–Kier alpha value is -3.17. The molecule has 4 rings (SSSR count). The molecule has 9 heteroatoms. The maximum absolute atomic E-state index is 13.5. The molecule has 180 valence electrons. The lowest BCUT2D eigenvalue weighted by molar-refractivity contribution is 0.0600. The number of nitrogens with one attached hydrogen (secondary N) is 1. The van der Waals surface area contributed by atoms with Crippen LogP contribution >= 0.6 is 0 Å². The summed E-state index contributed by atoms with van der Waals surface area (Å²) in [6.45, 7) is 6.99. The highest BCUT2D eigenvalue weighted by atomic mass is 32.2. The number of nitrogens with zero attached hydrogens (tertiary/aromatic N) is 2. The molecular weight excluding hydrogens is 454 g/mol. The van der Waals surface area contributed by atoms with Crippen LogP contribution in [0, 0.1) is 6.92 Å². The van der Waals surface area contributed by atoms with Crippen LogP contribution in [0.15, 0.2) is 41.3 Å². The Morgan fingerprint density at radius 2 is 1.85 bits per heavy atom. The lowest BCUT2D eigenvalue weighted by Gasteiger charge is -2.28. The molecule has 1 aliphatic heterocycles. The third kappa shape index (κ3) is 4.10. The highest BCUT2D eigenvalue weighted by molar-refractivity contribution is 7.89. The number of aryl methyl sites for hydroxylation is 1. The van der Waals surface area contributed by atoms with Gasteiger partial charge in [0, 0.05) is 60.3 Å². The number of esters is 1. The zero-order valence-corrected chi connectivity index (χ0v) is 20.7. The molecule has 8 nitrogen and oxygen atoms in total. The Bertz CT molecular complexity index is 1370. The molecule has 3 aromatic rings. The first-order valence-electron chi connectivity index (χ1n) is 11.3. The molecule has 0 atom stereocenters. The molecule has 0 spiro atoms. The molecule has 1 N–H and O–H groups in total. The number of ether oxygens (including phenoxy) is 1. The Labute approximate surface area is 199 Å². The smallest absolute Gasteiger partial charge is 0.337 e. The molecule has 0 fully saturated rings. The molecular formula is C25H29N3O5S. The Morgan fingerprint density at radius 1 is 1.12 bits per heavy atom. The van der Waals surface area contributed by atoms with E-state index in [0.717, 1.165) is 27.7 Å². The van der Waals surface area contributed by atoms with Crippen molar-refractivity contribution in [2.75, 3.05) is 26.7 Å². The SMILES string of the molecule is CCN(CC)S(=O)(=O)c1ccc(C)c(C(=O)N2CCc3[nH]c4ccc(C(=O)OC)cc4c3C2)c1. The van der Waals surface area contributed by atoms with Crippen molar-refractivity contribution in [1.82, 2.24) is 14.2 Å². The van der Waals surface area contributed by atoms with E-state index < -0.39 is 16.0 Å². The number of amides is 1. The number of carbonyl (C=O) groups is 2. The summed E-state index contributed by atoms with van der Waals surface area (Å²) in [6, 6.07) is 10.1. The van der Waals surface area contributed by atoms with E-state index in [1.54, 1.807) is 43.0 Å². The van der Waals surface area contributed by atoms with Crippen LogP contribution in [0.1, 0.15) is 51.4 Å². The predicted octanol–water partition coefficient (Wildman–Crippen LogP) is 3.49. The number of hydrogen-bond donors (Lipinski definition) is 1. The molecule has 0 saturated heterocycles. The minimum Gasteiger partial charge on any atom is -0.465 e. The quantitative estimate of drug-likeness (QED) is 0.541. The van der Waals surface area contributed by atoms with E-state index in [1.165, 1.54) is 17.5 Å². The number of methoxy groups -OCH3 is 1. The van der Waals surface area contributed by atoms with Gasteiger partial charge in [0.25, 0.3) is 5.91 Å². The molecule has 1 amide bonds. The zero-order valence-electron chi connectivity index (χ0n) is 19.8. The van der Waals surface area contributed by atoms with Crippen LogP contribution in [0.3, 0.4) is 0 Å². The van der Waals surface area contributed by atoms with Gasteiger partial charge >= 0.3 is 5.97 Å². The topological polar surface area (TPSA) is 99.8 Å². The molecule has 0 saturated carbocycles. The lowest BCUT2D eigenvalue weighted by Crippen LogP contribution is -2.36. The van der Waals surface area contributed by atoms with Crippen LogP contribution in [0.5, 0.6) is 0 Å². The van der Waals surface area contributed by atoms with Crippen molar-refractivity contribution in [3.63, 3.8) is 0 Å². The highest BCUT2D eigenvalue weighted by Gasteiger charge is 2.28. The van der Waals surface area contributed by atoms with E-state index in [9.17, 15) is 18.0 Å². The second-order valence-electron chi connectivity index (χ2n) is 8.38. The second kappa shape index (κ2) is 9.23. The number of rotatable bonds is 6. The van der Waals surface area contributed by atoms with Gasteiger partial charge in [-0.2, -0.15) is 4.31 Å². The molecule has 0 bridgehead atoms. The van der Waals surface area contributed by atoms with E-state index in [-0.39, 0.29) is 10.8 Å². The summed E-state index contributed by atoms with van der Waals surface area (Å²) in [5, 5.41) is 0.880. The minimum atomic E-state index is -3.67. The summed E-state index contributed by atoms with van der Waals surface area (Å²) in [6.07, 6.45) is 0.639. The van der Waals surface area contributed by atoms with E-state index in [1.807, 2.05) is 13.0 Å². The summed E-state index contributed by atoms with van der Waals surface area (Å²) in [5.74, 6) is -0.624. The number of carbonyl (C=O) groups excluding carboxylic acids is 2. The van der Waals surface area contributed by atoms with Crippen LogP contribution in [0.2, 0.25) is 0 Å². The summed E-state index contributed by atoms with van der Waals surface area (Å²) >= 11 is 0. The Kier molecular flexibility index (Phi) is 6.51. The van der Waals surface area contributed by atoms with Crippen molar-refractivity contribution in [2.24, 2.45) is 0 Å². The van der Waals surface area contributed by atoms with Crippen LogP contribution in [0.4, 0.5) is 0 Å². The summed E-state index contributed by atoms with van der Waals surface area (Å²) in [5.41, 5.74) is 4.45. The fraction of sp³-hybridized carbons (Fsp3) is 0.360. The predicted molar refractivity (Wildman–Crippen MR) is 129 cm³/mol.